The molecule has 0 N–H and O–H groups in total. The van der Waals surface area contributed by atoms with Crippen LogP contribution in [0.1, 0.15) is 15.4 Å². The lowest BCUT2D eigenvalue weighted by molar-refractivity contribution is -0.136. The van der Waals surface area contributed by atoms with Crippen molar-refractivity contribution >= 4 is 55.3 Å². The number of nitrogens with zero attached hydrogens (tertiary/aromatic N) is 1. The molecule has 3 rings (SSSR count). The minimum Gasteiger partial charge on any atom is -0.454 e. The molecule has 0 radical (unpaired) electrons. The molecular weight excluding hydrogens is 390 g/mol. The van der Waals surface area contributed by atoms with E-state index in [1.807, 2.05) is 24.3 Å². The van der Waals surface area contributed by atoms with Crippen LogP contribution in [0.4, 0.5) is 0 Å². The van der Waals surface area contributed by atoms with Crippen molar-refractivity contribution in [3.05, 3.63) is 69.7 Å². The van der Waals surface area contributed by atoms with E-state index in [2.05, 4.69) is 20.9 Å². The minimum absolute atomic E-state index is 0.246. The molecule has 0 bridgehead atoms. The summed E-state index contributed by atoms with van der Waals surface area (Å²) in [4.78, 5) is 28.0. The molecule has 120 valence electrons. The van der Waals surface area contributed by atoms with E-state index >= 15 is 0 Å². The van der Waals surface area contributed by atoms with Gasteiger partial charge in [0.15, 0.2) is 12.4 Å². The molecule has 1 heterocycles. The number of carbonyl (C=O) groups is 2. The molecule has 2 aromatic carbocycles. The van der Waals surface area contributed by atoms with Gasteiger partial charge in [-0.1, -0.05) is 40.2 Å². The van der Waals surface area contributed by atoms with Gasteiger partial charge in [-0.3, -0.25) is 4.79 Å². The van der Waals surface area contributed by atoms with E-state index in [4.69, 9.17) is 4.74 Å². The van der Waals surface area contributed by atoms with E-state index in [0.29, 0.717) is 10.6 Å². The number of ketones is 1. The Bertz CT molecular complexity index is 882. The monoisotopic (exact) mass is 401 g/mol. The van der Waals surface area contributed by atoms with Crippen LogP contribution < -0.4 is 0 Å². The van der Waals surface area contributed by atoms with Crippen molar-refractivity contribution in [2.75, 3.05) is 6.61 Å². The average Bonchev–Trinajstić information content (AvgIpc) is 3.01. The van der Waals surface area contributed by atoms with Gasteiger partial charge in [-0.2, -0.15) is 0 Å². The van der Waals surface area contributed by atoms with Crippen molar-refractivity contribution in [1.29, 1.82) is 0 Å². The average molecular weight is 402 g/mol. The second kappa shape index (κ2) is 7.51. The third-order valence-corrected chi connectivity index (χ3v) is 4.71. The number of halogens is 1. The summed E-state index contributed by atoms with van der Waals surface area (Å²) in [5.74, 6) is -0.816. The smallest absolute Gasteiger partial charge is 0.331 e. The summed E-state index contributed by atoms with van der Waals surface area (Å²) in [5.41, 5.74) is 1.39. The molecule has 0 aliphatic rings. The zero-order valence-corrected chi connectivity index (χ0v) is 14.8. The Balaban J connectivity index is 1.57. The number of esters is 1. The van der Waals surface area contributed by atoms with E-state index in [1.165, 1.54) is 17.4 Å². The van der Waals surface area contributed by atoms with Crippen LogP contribution in [-0.2, 0) is 9.53 Å². The highest BCUT2D eigenvalue weighted by atomic mass is 79.9. The van der Waals surface area contributed by atoms with Crippen LogP contribution in [0.5, 0.6) is 0 Å². The van der Waals surface area contributed by atoms with Crippen LogP contribution in [0.2, 0.25) is 0 Å². The fraction of sp³-hybridized carbons (Fsp3) is 0.0556. The molecule has 6 heteroatoms. The first-order valence-corrected chi connectivity index (χ1v) is 8.72. The maximum absolute atomic E-state index is 11.9. The third kappa shape index (κ3) is 4.15. The van der Waals surface area contributed by atoms with Gasteiger partial charge in [0, 0.05) is 16.1 Å². The molecule has 1 aromatic heterocycles. The number of para-hydroxylation sites is 1. The number of thiazole rings is 1. The molecule has 0 aliphatic carbocycles. The SMILES string of the molecule is O=C(/C=C/c1nc2ccccc2s1)OCC(=O)c1ccc(Br)cc1. The fourth-order valence-corrected chi connectivity index (χ4v) is 3.14. The third-order valence-electron chi connectivity index (χ3n) is 3.18. The van der Waals surface area contributed by atoms with Gasteiger partial charge in [-0.25, -0.2) is 9.78 Å². The lowest BCUT2D eigenvalue weighted by Gasteiger charge is -2.01. The van der Waals surface area contributed by atoms with Crippen LogP contribution in [0.25, 0.3) is 16.3 Å². The Morgan fingerprint density at radius 1 is 1.12 bits per heavy atom. The molecule has 0 unspecified atom stereocenters. The molecule has 3 aromatic rings. The number of aromatic nitrogens is 1. The highest BCUT2D eigenvalue weighted by Crippen LogP contribution is 2.22. The molecular formula is C18H12BrNO3S. The highest BCUT2D eigenvalue weighted by molar-refractivity contribution is 9.10. The Labute approximate surface area is 150 Å². The van der Waals surface area contributed by atoms with Gasteiger partial charge in [0.1, 0.15) is 5.01 Å². The molecule has 0 atom stereocenters. The van der Waals surface area contributed by atoms with Crippen molar-refractivity contribution in [1.82, 2.24) is 4.98 Å². The van der Waals surface area contributed by atoms with Crippen LogP contribution >= 0.6 is 27.3 Å². The molecule has 24 heavy (non-hydrogen) atoms. The number of fused-ring (bicyclic) bond motifs is 1. The lowest BCUT2D eigenvalue weighted by Crippen LogP contribution is -2.12. The molecule has 0 aliphatic heterocycles. The van der Waals surface area contributed by atoms with E-state index < -0.39 is 5.97 Å². The van der Waals surface area contributed by atoms with Crippen LogP contribution in [0.15, 0.2) is 59.1 Å². The first kappa shape index (κ1) is 16.5. The van der Waals surface area contributed by atoms with E-state index in [1.54, 1.807) is 30.3 Å². The summed E-state index contributed by atoms with van der Waals surface area (Å²) in [6, 6.07) is 14.6. The zero-order valence-electron chi connectivity index (χ0n) is 12.4. The largest absolute Gasteiger partial charge is 0.454 e. The maximum Gasteiger partial charge on any atom is 0.331 e. The van der Waals surface area contributed by atoms with E-state index in [0.717, 1.165) is 14.7 Å². The molecule has 0 saturated carbocycles. The quantitative estimate of drug-likeness (QED) is 0.358. The van der Waals surface area contributed by atoms with E-state index in [-0.39, 0.29) is 12.4 Å². The lowest BCUT2D eigenvalue weighted by atomic mass is 10.1. The minimum atomic E-state index is -0.570. The van der Waals surface area contributed by atoms with Gasteiger partial charge in [0.05, 0.1) is 10.2 Å². The topological polar surface area (TPSA) is 56.3 Å². The fourth-order valence-electron chi connectivity index (χ4n) is 2.00. The van der Waals surface area contributed by atoms with Gasteiger partial charge in [-0.15, -0.1) is 11.3 Å². The van der Waals surface area contributed by atoms with Gasteiger partial charge in [-0.05, 0) is 30.3 Å². The summed E-state index contributed by atoms with van der Waals surface area (Å²) in [6.07, 6.45) is 2.88. The van der Waals surface area contributed by atoms with Crippen molar-refractivity contribution in [3.63, 3.8) is 0 Å². The summed E-state index contributed by atoms with van der Waals surface area (Å²) >= 11 is 4.79. The first-order valence-electron chi connectivity index (χ1n) is 7.11. The molecule has 0 saturated heterocycles. The number of Topliss-reactive ketones (excluding diaryl/α,β-unsaturated/α-hetero) is 1. The van der Waals surface area contributed by atoms with Gasteiger partial charge < -0.3 is 4.74 Å². The van der Waals surface area contributed by atoms with Crippen LogP contribution in [0, 0.1) is 0 Å². The molecule has 0 amide bonds. The first-order chi connectivity index (χ1) is 11.6. The van der Waals surface area contributed by atoms with Crippen LogP contribution in [-0.4, -0.2) is 23.3 Å². The van der Waals surface area contributed by atoms with Crippen molar-refractivity contribution in [2.45, 2.75) is 0 Å². The Morgan fingerprint density at radius 3 is 2.62 bits per heavy atom. The molecule has 0 fully saturated rings. The Hall–Kier alpha value is -2.31. The van der Waals surface area contributed by atoms with Crippen molar-refractivity contribution in [2.24, 2.45) is 0 Å². The zero-order chi connectivity index (χ0) is 16.9. The Kier molecular flexibility index (Phi) is 5.17. The number of hydrogen-bond acceptors (Lipinski definition) is 5. The molecule has 4 nitrogen and oxygen atoms in total. The second-order valence-electron chi connectivity index (χ2n) is 4.89. The standard InChI is InChI=1S/C18H12BrNO3S/c19-13-7-5-12(6-8-13)15(21)11-23-18(22)10-9-17-20-14-3-1-2-4-16(14)24-17/h1-10H,11H2/b10-9+. The predicted octanol–water partition coefficient (Wildman–Crippen LogP) is 4.50. The van der Waals surface area contributed by atoms with E-state index in [9.17, 15) is 9.59 Å². The maximum atomic E-state index is 11.9. The van der Waals surface area contributed by atoms with Crippen molar-refractivity contribution in [3.8, 4) is 0 Å². The van der Waals surface area contributed by atoms with Gasteiger partial charge in [0.2, 0.25) is 0 Å². The van der Waals surface area contributed by atoms with Gasteiger partial charge in [0.25, 0.3) is 0 Å². The number of rotatable bonds is 5. The predicted molar refractivity (Wildman–Crippen MR) is 98.1 cm³/mol. The summed E-state index contributed by atoms with van der Waals surface area (Å²) < 4.78 is 6.91. The number of benzene rings is 2. The van der Waals surface area contributed by atoms with Crippen LogP contribution in [0.3, 0.4) is 0 Å². The Morgan fingerprint density at radius 2 is 1.88 bits per heavy atom. The number of hydrogen-bond donors (Lipinski definition) is 0. The van der Waals surface area contributed by atoms with Crippen molar-refractivity contribution < 1.29 is 14.3 Å². The summed E-state index contributed by atoms with van der Waals surface area (Å²) in [6.45, 7) is -0.287. The second-order valence-corrected chi connectivity index (χ2v) is 6.87. The number of ether oxygens (including phenoxy) is 1. The summed E-state index contributed by atoms with van der Waals surface area (Å²) in [7, 11) is 0. The molecule has 0 spiro atoms. The number of carbonyl (C=O) groups excluding carboxylic acids is 2. The summed E-state index contributed by atoms with van der Waals surface area (Å²) in [5, 5.41) is 0.715. The highest BCUT2D eigenvalue weighted by Gasteiger charge is 2.08. The van der Waals surface area contributed by atoms with Gasteiger partial charge >= 0.3 is 5.97 Å². The normalized spacial score (nSPS) is 11.0.